The van der Waals surface area contributed by atoms with Crippen molar-refractivity contribution in [3.05, 3.63) is 71.1 Å². The van der Waals surface area contributed by atoms with Crippen molar-refractivity contribution in [2.24, 2.45) is 10.7 Å². The molecule has 0 bridgehead atoms. The van der Waals surface area contributed by atoms with Crippen LogP contribution in [0.3, 0.4) is 0 Å². The van der Waals surface area contributed by atoms with Crippen LogP contribution < -0.4 is 11.1 Å². The van der Waals surface area contributed by atoms with Crippen LogP contribution in [0, 0.1) is 0 Å². The van der Waals surface area contributed by atoms with Crippen LogP contribution in [0.2, 0.25) is 0 Å². The van der Waals surface area contributed by atoms with Gasteiger partial charge < -0.3 is 21.1 Å². The van der Waals surface area contributed by atoms with Gasteiger partial charge in [0.15, 0.2) is 5.79 Å². The molecule has 2 aliphatic heterocycles. The number of aliphatic carboxylic acids is 1. The SMILES string of the molecule is CC1(N2CCc3[nH]c4ccc(-c5cccc(CN)c5)cc4c3C2)N=CC(C(=O)O)=CN1. The van der Waals surface area contributed by atoms with Crippen LogP contribution in [0.25, 0.3) is 22.0 Å². The smallest absolute Gasteiger partial charge is 0.338 e. The van der Waals surface area contributed by atoms with E-state index in [9.17, 15) is 4.79 Å². The van der Waals surface area contributed by atoms with Crippen molar-refractivity contribution >= 4 is 23.1 Å². The average Bonchev–Trinajstić information content (AvgIpc) is 3.16. The Balaban J connectivity index is 1.48. The number of nitrogens with two attached hydrogens (primary N) is 1. The number of aliphatic imine (C=N–C) groups is 1. The van der Waals surface area contributed by atoms with Crippen LogP contribution in [-0.4, -0.2) is 39.5 Å². The van der Waals surface area contributed by atoms with Crippen LogP contribution in [0.15, 0.2) is 59.2 Å². The first kappa shape index (κ1) is 19.5. The molecule has 2 aromatic carbocycles. The van der Waals surface area contributed by atoms with Gasteiger partial charge in [0.25, 0.3) is 0 Å². The number of hydrogen-bond donors (Lipinski definition) is 4. The summed E-state index contributed by atoms with van der Waals surface area (Å²) in [5.41, 5.74) is 13.1. The molecule has 1 aromatic heterocycles. The molecule has 5 N–H and O–H groups in total. The Labute approximate surface area is 180 Å². The van der Waals surface area contributed by atoms with E-state index in [0.717, 1.165) is 41.7 Å². The number of nitrogens with zero attached hydrogens (tertiary/aromatic N) is 2. The third-order valence-electron chi connectivity index (χ3n) is 6.29. The first-order valence-electron chi connectivity index (χ1n) is 10.4. The Bertz CT molecular complexity index is 1240. The standard InChI is InChI=1S/C24H25N5O2/c1-24(26-12-18(13-27-24)23(30)31)29-8-7-22-20(14-29)19-10-17(5-6-21(19)28-22)16-4-2-3-15(9-16)11-25/h2-6,9-10,12-13,26,28H,7-8,11,14,25H2,1H3,(H,30,31). The minimum atomic E-state index is -0.984. The maximum Gasteiger partial charge on any atom is 0.338 e. The van der Waals surface area contributed by atoms with Gasteiger partial charge in [0.1, 0.15) is 0 Å². The highest BCUT2D eigenvalue weighted by atomic mass is 16.4. The van der Waals surface area contributed by atoms with Crippen molar-refractivity contribution in [1.29, 1.82) is 0 Å². The number of benzene rings is 2. The predicted molar refractivity (Wildman–Crippen MR) is 121 cm³/mol. The molecule has 3 heterocycles. The molecule has 0 fully saturated rings. The second kappa shape index (κ2) is 7.37. The number of hydrogen-bond acceptors (Lipinski definition) is 5. The van der Waals surface area contributed by atoms with Crippen LogP contribution in [0.5, 0.6) is 0 Å². The average molecular weight is 415 g/mol. The number of fused-ring (bicyclic) bond motifs is 3. The van der Waals surface area contributed by atoms with E-state index in [2.05, 4.69) is 50.5 Å². The number of carbonyl (C=O) groups is 1. The molecule has 0 spiro atoms. The lowest BCUT2D eigenvalue weighted by Crippen LogP contribution is -2.56. The maximum atomic E-state index is 11.2. The van der Waals surface area contributed by atoms with Gasteiger partial charge in [0.2, 0.25) is 0 Å². The van der Waals surface area contributed by atoms with Gasteiger partial charge in [0, 0.05) is 55.1 Å². The van der Waals surface area contributed by atoms with Crippen LogP contribution in [0.4, 0.5) is 0 Å². The molecule has 158 valence electrons. The Kier molecular flexibility index (Phi) is 4.64. The molecular weight excluding hydrogens is 390 g/mol. The largest absolute Gasteiger partial charge is 0.478 e. The number of H-pyrrole nitrogens is 1. The Hall–Kier alpha value is -3.42. The summed E-state index contributed by atoms with van der Waals surface area (Å²) in [5.74, 6) is -1.66. The molecule has 0 aliphatic carbocycles. The summed E-state index contributed by atoms with van der Waals surface area (Å²) in [6.07, 6.45) is 3.85. The number of aromatic amines is 1. The lowest BCUT2D eigenvalue weighted by molar-refractivity contribution is -0.132. The van der Waals surface area contributed by atoms with Crippen molar-refractivity contribution in [2.45, 2.75) is 32.2 Å². The Morgan fingerprint density at radius 2 is 2.10 bits per heavy atom. The summed E-state index contributed by atoms with van der Waals surface area (Å²) in [6.45, 7) is 4.04. The zero-order valence-electron chi connectivity index (χ0n) is 17.4. The topological polar surface area (TPSA) is 107 Å². The zero-order valence-corrected chi connectivity index (χ0v) is 17.4. The number of carboxylic acids is 1. The normalized spacial score (nSPS) is 20.9. The molecule has 0 saturated heterocycles. The molecule has 2 aliphatic rings. The fourth-order valence-electron chi connectivity index (χ4n) is 4.42. The van der Waals surface area contributed by atoms with E-state index >= 15 is 0 Å². The van der Waals surface area contributed by atoms with Gasteiger partial charge in [-0.2, -0.15) is 0 Å². The first-order chi connectivity index (χ1) is 15.0. The van der Waals surface area contributed by atoms with E-state index in [0.29, 0.717) is 6.54 Å². The number of nitrogens with one attached hydrogen (secondary N) is 2. The van der Waals surface area contributed by atoms with Gasteiger partial charge in [-0.15, -0.1) is 0 Å². The van der Waals surface area contributed by atoms with E-state index in [1.807, 2.05) is 19.1 Å². The third kappa shape index (κ3) is 3.41. The van der Waals surface area contributed by atoms with Crippen LogP contribution in [-0.2, 0) is 24.3 Å². The second-order valence-corrected chi connectivity index (χ2v) is 8.25. The maximum absolute atomic E-state index is 11.2. The summed E-state index contributed by atoms with van der Waals surface area (Å²) in [4.78, 5) is 21.5. The van der Waals surface area contributed by atoms with Crippen molar-refractivity contribution in [1.82, 2.24) is 15.2 Å². The molecule has 0 radical (unpaired) electrons. The molecule has 7 nitrogen and oxygen atoms in total. The van der Waals surface area contributed by atoms with Crippen molar-refractivity contribution in [3.8, 4) is 11.1 Å². The van der Waals surface area contributed by atoms with Gasteiger partial charge >= 0.3 is 5.97 Å². The predicted octanol–water partition coefficient (Wildman–Crippen LogP) is 2.97. The molecule has 7 heteroatoms. The first-order valence-corrected chi connectivity index (χ1v) is 10.4. The molecule has 5 rings (SSSR count). The van der Waals surface area contributed by atoms with Crippen molar-refractivity contribution < 1.29 is 9.90 Å². The minimum absolute atomic E-state index is 0.159. The van der Waals surface area contributed by atoms with E-state index in [-0.39, 0.29) is 5.57 Å². The number of carboxylic acid groups (broad SMARTS) is 1. The summed E-state index contributed by atoms with van der Waals surface area (Å²) in [5, 5.41) is 13.6. The zero-order chi connectivity index (χ0) is 21.6. The quantitative estimate of drug-likeness (QED) is 0.524. The summed E-state index contributed by atoms with van der Waals surface area (Å²) < 4.78 is 0. The van der Waals surface area contributed by atoms with E-state index < -0.39 is 11.8 Å². The third-order valence-corrected chi connectivity index (χ3v) is 6.29. The lowest BCUT2D eigenvalue weighted by Gasteiger charge is -2.41. The van der Waals surface area contributed by atoms with Gasteiger partial charge in [-0.25, -0.2) is 9.79 Å². The van der Waals surface area contributed by atoms with Gasteiger partial charge in [0.05, 0.1) is 5.57 Å². The van der Waals surface area contributed by atoms with Crippen LogP contribution >= 0.6 is 0 Å². The van der Waals surface area contributed by atoms with Gasteiger partial charge in [-0.3, -0.25) is 4.90 Å². The number of rotatable bonds is 4. The minimum Gasteiger partial charge on any atom is -0.478 e. The molecular formula is C24H25N5O2. The fraction of sp³-hybridized carbons (Fsp3) is 0.250. The number of aromatic nitrogens is 1. The molecule has 3 aromatic rings. The summed E-state index contributed by atoms with van der Waals surface area (Å²) >= 11 is 0. The molecule has 0 amide bonds. The Morgan fingerprint density at radius 3 is 2.84 bits per heavy atom. The van der Waals surface area contributed by atoms with Crippen molar-refractivity contribution in [2.75, 3.05) is 6.54 Å². The molecule has 1 atom stereocenters. The monoisotopic (exact) mass is 415 g/mol. The van der Waals surface area contributed by atoms with E-state index in [1.165, 1.54) is 29.1 Å². The van der Waals surface area contributed by atoms with Gasteiger partial charge in [-0.1, -0.05) is 24.3 Å². The van der Waals surface area contributed by atoms with Crippen molar-refractivity contribution in [3.63, 3.8) is 0 Å². The molecule has 1 unspecified atom stereocenters. The van der Waals surface area contributed by atoms with E-state index in [1.54, 1.807) is 0 Å². The second-order valence-electron chi connectivity index (χ2n) is 8.25. The highest BCUT2D eigenvalue weighted by Gasteiger charge is 2.35. The Morgan fingerprint density at radius 1 is 1.26 bits per heavy atom. The van der Waals surface area contributed by atoms with E-state index in [4.69, 9.17) is 10.8 Å². The fourth-order valence-corrected chi connectivity index (χ4v) is 4.42. The summed E-state index contributed by atoms with van der Waals surface area (Å²) in [7, 11) is 0. The highest BCUT2D eigenvalue weighted by molar-refractivity contribution is 6.08. The lowest BCUT2D eigenvalue weighted by atomic mass is 9.98. The van der Waals surface area contributed by atoms with Gasteiger partial charge in [-0.05, 0) is 47.4 Å². The highest BCUT2D eigenvalue weighted by Crippen LogP contribution is 2.34. The molecule has 31 heavy (non-hydrogen) atoms. The molecule has 0 saturated carbocycles. The van der Waals surface area contributed by atoms with Crippen LogP contribution in [0.1, 0.15) is 23.7 Å². The summed E-state index contributed by atoms with van der Waals surface area (Å²) in [6, 6.07) is 14.9.